The maximum atomic E-state index is 12.4. The second-order valence-corrected chi connectivity index (χ2v) is 3.83. The van der Waals surface area contributed by atoms with Crippen LogP contribution in [0.5, 0.6) is 0 Å². The number of nitrogens with zero attached hydrogens (tertiary/aromatic N) is 2. The van der Waals surface area contributed by atoms with E-state index in [0.29, 0.717) is 5.69 Å². The van der Waals surface area contributed by atoms with Gasteiger partial charge in [0, 0.05) is 6.07 Å². The van der Waals surface area contributed by atoms with E-state index in [1.165, 1.54) is 10.7 Å². The van der Waals surface area contributed by atoms with Gasteiger partial charge < -0.3 is 0 Å². The van der Waals surface area contributed by atoms with Crippen LogP contribution in [0.25, 0.3) is 5.69 Å². The van der Waals surface area contributed by atoms with E-state index in [4.69, 9.17) is 11.6 Å². The molecule has 1 aromatic heterocycles. The molecule has 2 nitrogen and oxygen atoms in total. The molecule has 0 amide bonds. The van der Waals surface area contributed by atoms with E-state index in [2.05, 4.69) is 5.10 Å². The largest absolute Gasteiger partial charge is 0.282 e. The predicted octanol–water partition coefficient (Wildman–Crippen LogP) is 3.77. The van der Waals surface area contributed by atoms with Crippen molar-refractivity contribution in [3.8, 4) is 5.69 Å². The number of halogens is 3. The third-order valence-corrected chi connectivity index (χ3v) is 2.46. The number of aromatic nitrogens is 2. The minimum Gasteiger partial charge on any atom is -0.222 e. The maximum absolute atomic E-state index is 12.4. The Kier molecular flexibility index (Phi) is 2.92. The van der Waals surface area contributed by atoms with Crippen LogP contribution < -0.4 is 0 Å². The number of hydrogen-bond acceptors (Lipinski definition) is 1. The highest BCUT2D eigenvalue weighted by molar-refractivity contribution is 6.29. The highest BCUT2D eigenvalue weighted by Gasteiger charge is 2.15. The zero-order valence-electron chi connectivity index (χ0n) is 8.49. The van der Waals surface area contributed by atoms with E-state index in [9.17, 15) is 8.78 Å². The van der Waals surface area contributed by atoms with Crippen LogP contribution in [0.2, 0.25) is 5.15 Å². The fourth-order valence-corrected chi connectivity index (χ4v) is 1.60. The Bertz CT molecular complexity index is 491. The summed E-state index contributed by atoms with van der Waals surface area (Å²) in [4.78, 5) is 0. The number of rotatable bonds is 2. The van der Waals surface area contributed by atoms with Crippen molar-refractivity contribution in [1.82, 2.24) is 9.78 Å². The summed E-state index contributed by atoms with van der Waals surface area (Å²) < 4.78 is 26.1. The van der Waals surface area contributed by atoms with Crippen molar-refractivity contribution in [2.24, 2.45) is 0 Å². The molecule has 0 aliphatic heterocycles. The number of alkyl halides is 2. The number of hydrogen-bond donors (Lipinski definition) is 0. The first-order chi connectivity index (χ1) is 7.58. The molecule has 0 atom stereocenters. The van der Waals surface area contributed by atoms with E-state index in [1.54, 1.807) is 12.1 Å². The summed E-state index contributed by atoms with van der Waals surface area (Å²) in [6, 6.07) is 8.48. The molecule has 1 heterocycles. The monoisotopic (exact) mass is 242 g/mol. The molecule has 0 fully saturated rings. The lowest BCUT2D eigenvalue weighted by molar-refractivity contribution is 0.145. The molecular formula is C11H9ClF2N2. The van der Waals surface area contributed by atoms with Crippen molar-refractivity contribution in [1.29, 1.82) is 0 Å². The summed E-state index contributed by atoms with van der Waals surface area (Å²) in [5.74, 6) is 0. The van der Waals surface area contributed by atoms with Crippen LogP contribution in [0.1, 0.15) is 17.7 Å². The molecule has 0 aliphatic carbocycles. The fourth-order valence-electron chi connectivity index (χ4n) is 1.35. The third-order valence-electron chi connectivity index (χ3n) is 2.19. The minimum atomic E-state index is -2.61. The van der Waals surface area contributed by atoms with Crippen molar-refractivity contribution in [2.45, 2.75) is 13.3 Å². The van der Waals surface area contributed by atoms with Crippen LogP contribution >= 0.6 is 11.6 Å². The SMILES string of the molecule is Cc1ccc(-n2nc(C(F)F)cc2Cl)cc1. The topological polar surface area (TPSA) is 17.8 Å². The first-order valence-corrected chi connectivity index (χ1v) is 5.06. The average Bonchev–Trinajstić information content (AvgIpc) is 2.62. The molecule has 0 bridgehead atoms. The van der Waals surface area contributed by atoms with Gasteiger partial charge in [-0.3, -0.25) is 0 Å². The van der Waals surface area contributed by atoms with Gasteiger partial charge in [-0.25, -0.2) is 13.5 Å². The van der Waals surface area contributed by atoms with E-state index in [1.807, 2.05) is 19.1 Å². The Labute approximate surface area is 96.5 Å². The normalized spacial score (nSPS) is 11.1. The molecular weight excluding hydrogens is 234 g/mol. The average molecular weight is 243 g/mol. The molecule has 0 spiro atoms. The van der Waals surface area contributed by atoms with Crippen LogP contribution in [0.4, 0.5) is 8.78 Å². The third kappa shape index (κ3) is 2.07. The van der Waals surface area contributed by atoms with E-state index < -0.39 is 6.43 Å². The highest BCUT2D eigenvalue weighted by atomic mass is 35.5. The summed E-state index contributed by atoms with van der Waals surface area (Å²) >= 11 is 5.83. The van der Waals surface area contributed by atoms with Crippen molar-refractivity contribution >= 4 is 11.6 Å². The highest BCUT2D eigenvalue weighted by Crippen LogP contribution is 2.23. The Morgan fingerprint density at radius 2 is 1.88 bits per heavy atom. The Balaban J connectivity index is 2.44. The zero-order valence-corrected chi connectivity index (χ0v) is 9.25. The van der Waals surface area contributed by atoms with Gasteiger partial charge >= 0.3 is 0 Å². The van der Waals surface area contributed by atoms with Crippen LogP contribution in [-0.4, -0.2) is 9.78 Å². The smallest absolute Gasteiger partial charge is 0.222 e. The number of aryl methyl sites for hydroxylation is 1. The van der Waals surface area contributed by atoms with Crippen LogP contribution in [0.3, 0.4) is 0 Å². The minimum absolute atomic E-state index is 0.180. The summed E-state index contributed by atoms with van der Waals surface area (Å²) in [5, 5.41) is 3.92. The Morgan fingerprint density at radius 1 is 1.25 bits per heavy atom. The summed E-state index contributed by atoms with van der Waals surface area (Å²) in [7, 11) is 0. The molecule has 0 saturated heterocycles. The standard InChI is InChI=1S/C11H9ClF2N2/c1-7-2-4-8(5-3-7)16-10(12)6-9(15-16)11(13)14/h2-6,11H,1H3. The molecule has 16 heavy (non-hydrogen) atoms. The lowest BCUT2D eigenvalue weighted by atomic mass is 10.2. The van der Waals surface area contributed by atoms with Crippen molar-refractivity contribution in [2.75, 3.05) is 0 Å². The summed E-state index contributed by atoms with van der Waals surface area (Å²) in [6.07, 6.45) is -2.61. The van der Waals surface area contributed by atoms with Gasteiger partial charge in [-0.2, -0.15) is 5.10 Å². The lowest BCUT2D eigenvalue weighted by Gasteiger charge is -2.02. The zero-order chi connectivity index (χ0) is 11.7. The van der Waals surface area contributed by atoms with Gasteiger partial charge in [-0.05, 0) is 19.1 Å². The van der Waals surface area contributed by atoms with Gasteiger partial charge in [0.05, 0.1) is 5.69 Å². The Morgan fingerprint density at radius 3 is 2.38 bits per heavy atom. The van der Waals surface area contributed by atoms with Gasteiger partial charge in [0.15, 0.2) is 0 Å². The molecule has 2 aromatic rings. The summed E-state index contributed by atoms with van der Waals surface area (Å²) in [6.45, 7) is 1.94. The first-order valence-electron chi connectivity index (χ1n) is 4.68. The molecule has 5 heteroatoms. The molecule has 2 rings (SSSR count). The van der Waals surface area contributed by atoms with Gasteiger partial charge in [0.2, 0.25) is 0 Å². The second kappa shape index (κ2) is 4.22. The fraction of sp³-hybridized carbons (Fsp3) is 0.182. The molecule has 0 radical (unpaired) electrons. The van der Waals surface area contributed by atoms with Gasteiger partial charge in [-0.1, -0.05) is 29.3 Å². The van der Waals surface area contributed by atoms with Gasteiger partial charge in [-0.15, -0.1) is 0 Å². The van der Waals surface area contributed by atoms with Crippen molar-refractivity contribution in [3.05, 3.63) is 46.7 Å². The predicted molar refractivity (Wildman–Crippen MR) is 58.3 cm³/mol. The van der Waals surface area contributed by atoms with Crippen molar-refractivity contribution in [3.63, 3.8) is 0 Å². The molecule has 0 unspecified atom stereocenters. The van der Waals surface area contributed by atoms with Crippen LogP contribution in [-0.2, 0) is 0 Å². The molecule has 1 aromatic carbocycles. The molecule has 0 aliphatic rings. The Hall–Kier alpha value is -1.42. The molecule has 84 valence electrons. The van der Waals surface area contributed by atoms with E-state index in [-0.39, 0.29) is 10.8 Å². The van der Waals surface area contributed by atoms with Gasteiger partial charge in [0.1, 0.15) is 10.8 Å². The maximum Gasteiger partial charge on any atom is 0.282 e. The van der Waals surface area contributed by atoms with Crippen LogP contribution in [0, 0.1) is 6.92 Å². The molecule has 0 saturated carbocycles. The number of benzene rings is 1. The van der Waals surface area contributed by atoms with Crippen LogP contribution in [0.15, 0.2) is 30.3 Å². The van der Waals surface area contributed by atoms with Crippen molar-refractivity contribution < 1.29 is 8.78 Å². The first kappa shape index (κ1) is 11.1. The quantitative estimate of drug-likeness (QED) is 0.784. The molecule has 0 N–H and O–H groups in total. The van der Waals surface area contributed by atoms with Gasteiger partial charge in [0.25, 0.3) is 6.43 Å². The summed E-state index contributed by atoms with van der Waals surface area (Å²) in [5.41, 5.74) is 1.44. The second-order valence-electron chi connectivity index (χ2n) is 3.44. The lowest BCUT2D eigenvalue weighted by Crippen LogP contribution is -1.97. The van der Waals surface area contributed by atoms with E-state index >= 15 is 0 Å². The van der Waals surface area contributed by atoms with E-state index in [0.717, 1.165) is 5.56 Å².